The lowest BCUT2D eigenvalue weighted by Crippen LogP contribution is -2.07. The predicted octanol–water partition coefficient (Wildman–Crippen LogP) is 4.45. The molecule has 0 atom stereocenters. The minimum absolute atomic E-state index is 0.112. The number of hydrogen-bond donors (Lipinski definition) is 0. The van der Waals surface area contributed by atoms with Crippen LogP contribution in [0.15, 0.2) is 30.3 Å². The second-order valence-corrected chi connectivity index (χ2v) is 5.46. The summed E-state index contributed by atoms with van der Waals surface area (Å²) in [6.45, 7) is 8.37. The lowest BCUT2D eigenvalue weighted by atomic mass is 9.95. The van der Waals surface area contributed by atoms with Crippen molar-refractivity contribution in [3.05, 3.63) is 35.9 Å². The van der Waals surface area contributed by atoms with Crippen molar-refractivity contribution in [1.29, 1.82) is 0 Å². The zero-order chi connectivity index (χ0) is 13.6. The van der Waals surface area contributed by atoms with Crippen molar-refractivity contribution in [3.8, 4) is 5.75 Å². The molecule has 0 N–H and O–H groups in total. The van der Waals surface area contributed by atoms with Gasteiger partial charge in [-0.3, -0.25) is 4.79 Å². The Kier molecular flexibility index (Phi) is 5.14. The van der Waals surface area contributed by atoms with Crippen LogP contribution in [0.4, 0.5) is 0 Å². The highest BCUT2D eigenvalue weighted by atomic mass is 16.5. The van der Waals surface area contributed by atoms with Gasteiger partial charge in [0, 0.05) is 12.0 Å². The van der Waals surface area contributed by atoms with Gasteiger partial charge in [0.2, 0.25) is 0 Å². The van der Waals surface area contributed by atoms with Crippen LogP contribution in [0.2, 0.25) is 0 Å². The molecular weight excluding hydrogens is 224 g/mol. The van der Waals surface area contributed by atoms with Crippen LogP contribution in [-0.4, -0.2) is 5.97 Å². The number of hydrogen-bond acceptors (Lipinski definition) is 2. The van der Waals surface area contributed by atoms with Gasteiger partial charge in [0.05, 0.1) is 0 Å². The van der Waals surface area contributed by atoms with Crippen LogP contribution in [0, 0.1) is 5.41 Å². The number of para-hydroxylation sites is 1. The van der Waals surface area contributed by atoms with Gasteiger partial charge in [-0.1, -0.05) is 58.0 Å². The SMILES string of the molecule is CCCC(=O)Oc1ccccc1/C=C/C(C)(C)C. The van der Waals surface area contributed by atoms with Crippen LogP contribution in [-0.2, 0) is 4.79 Å². The van der Waals surface area contributed by atoms with Gasteiger partial charge in [0.1, 0.15) is 5.75 Å². The van der Waals surface area contributed by atoms with E-state index in [9.17, 15) is 4.79 Å². The quantitative estimate of drug-likeness (QED) is 0.579. The zero-order valence-electron chi connectivity index (χ0n) is 11.7. The predicted molar refractivity (Wildman–Crippen MR) is 75.5 cm³/mol. The van der Waals surface area contributed by atoms with Crippen molar-refractivity contribution in [2.24, 2.45) is 5.41 Å². The van der Waals surface area contributed by atoms with Crippen LogP contribution in [0.25, 0.3) is 6.08 Å². The molecule has 0 fully saturated rings. The first-order valence-electron chi connectivity index (χ1n) is 6.41. The van der Waals surface area contributed by atoms with Crippen molar-refractivity contribution < 1.29 is 9.53 Å². The van der Waals surface area contributed by atoms with Gasteiger partial charge in [-0.2, -0.15) is 0 Å². The molecule has 0 saturated heterocycles. The highest BCUT2D eigenvalue weighted by Crippen LogP contribution is 2.23. The van der Waals surface area contributed by atoms with Gasteiger partial charge in [0.25, 0.3) is 0 Å². The fraction of sp³-hybridized carbons (Fsp3) is 0.438. The molecule has 1 aromatic rings. The molecule has 0 bridgehead atoms. The molecule has 2 heteroatoms. The summed E-state index contributed by atoms with van der Waals surface area (Å²) < 4.78 is 5.36. The highest BCUT2D eigenvalue weighted by Gasteiger charge is 2.08. The summed E-state index contributed by atoms with van der Waals surface area (Å²) in [7, 11) is 0. The number of rotatable bonds is 4. The summed E-state index contributed by atoms with van der Waals surface area (Å²) in [6.07, 6.45) is 5.38. The average molecular weight is 246 g/mol. The number of carbonyl (C=O) groups is 1. The number of allylic oxidation sites excluding steroid dienone is 1. The third-order valence-corrected chi connectivity index (χ3v) is 2.36. The second kappa shape index (κ2) is 6.39. The Morgan fingerprint density at radius 2 is 1.94 bits per heavy atom. The van der Waals surface area contributed by atoms with E-state index in [-0.39, 0.29) is 11.4 Å². The van der Waals surface area contributed by atoms with E-state index >= 15 is 0 Å². The van der Waals surface area contributed by atoms with E-state index in [0.717, 1.165) is 12.0 Å². The molecular formula is C16H22O2. The van der Waals surface area contributed by atoms with E-state index < -0.39 is 0 Å². The van der Waals surface area contributed by atoms with Crippen molar-refractivity contribution >= 4 is 12.0 Å². The Morgan fingerprint density at radius 1 is 1.28 bits per heavy atom. The fourth-order valence-electron chi connectivity index (χ4n) is 1.43. The molecule has 0 unspecified atom stereocenters. The standard InChI is InChI=1S/C16H22O2/c1-5-8-15(17)18-14-10-7-6-9-13(14)11-12-16(2,3)4/h6-7,9-12H,5,8H2,1-4H3/b12-11+. The van der Waals surface area contributed by atoms with Gasteiger partial charge in [-0.25, -0.2) is 0 Å². The third-order valence-electron chi connectivity index (χ3n) is 2.36. The maximum absolute atomic E-state index is 11.5. The van der Waals surface area contributed by atoms with Crippen LogP contribution in [0.5, 0.6) is 5.75 Å². The molecule has 2 nitrogen and oxygen atoms in total. The number of benzene rings is 1. The molecule has 0 aliphatic heterocycles. The van der Waals surface area contributed by atoms with Gasteiger partial charge in [-0.15, -0.1) is 0 Å². The van der Waals surface area contributed by atoms with E-state index in [1.165, 1.54) is 0 Å². The molecule has 98 valence electrons. The molecule has 0 spiro atoms. The summed E-state index contributed by atoms with van der Waals surface area (Å²) in [5.74, 6) is 0.463. The maximum atomic E-state index is 11.5. The van der Waals surface area contributed by atoms with Crippen molar-refractivity contribution in [1.82, 2.24) is 0 Å². The summed E-state index contributed by atoms with van der Waals surface area (Å²) in [5.41, 5.74) is 1.05. The van der Waals surface area contributed by atoms with E-state index in [4.69, 9.17) is 4.74 Å². The molecule has 0 heterocycles. The summed E-state index contributed by atoms with van der Waals surface area (Å²) in [4.78, 5) is 11.5. The van der Waals surface area contributed by atoms with E-state index in [2.05, 4.69) is 26.8 Å². The Bertz CT molecular complexity index is 425. The average Bonchev–Trinajstić information content (AvgIpc) is 2.27. The van der Waals surface area contributed by atoms with Gasteiger partial charge < -0.3 is 4.74 Å². The first-order chi connectivity index (χ1) is 8.42. The van der Waals surface area contributed by atoms with Gasteiger partial charge in [0.15, 0.2) is 0 Å². The molecule has 0 aliphatic rings. The molecule has 1 rings (SSSR count). The molecule has 0 amide bonds. The Balaban J connectivity index is 2.86. The first-order valence-corrected chi connectivity index (χ1v) is 6.41. The van der Waals surface area contributed by atoms with Crippen LogP contribution in [0.1, 0.15) is 46.1 Å². The summed E-state index contributed by atoms with van der Waals surface area (Å²) in [6, 6.07) is 7.61. The largest absolute Gasteiger partial charge is 0.426 e. The fourth-order valence-corrected chi connectivity index (χ4v) is 1.43. The maximum Gasteiger partial charge on any atom is 0.311 e. The Labute approximate surface area is 110 Å². The van der Waals surface area contributed by atoms with Crippen LogP contribution < -0.4 is 4.74 Å². The van der Waals surface area contributed by atoms with Crippen molar-refractivity contribution in [2.45, 2.75) is 40.5 Å². The third kappa shape index (κ3) is 5.17. The lowest BCUT2D eigenvalue weighted by Gasteiger charge is -2.12. The van der Waals surface area contributed by atoms with E-state index in [1.807, 2.05) is 37.3 Å². The second-order valence-electron chi connectivity index (χ2n) is 5.46. The van der Waals surface area contributed by atoms with Crippen LogP contribution in [0.3, 0.4) is 0 Å². The normalized spacial score (nSPS) is 11.8. The first kappa shape index (κ1) is 14.5. The van der Waals surface area contributed by atoms with Gasteiger partial charge in [-0.05, 0) is 17.9 Å². The number of esters is 1. The van der Waals surface area contributed by atoms with Crippen molar-refractivity contribution in [3.63, 3.8) is 0 Å². The molecule has 18 heavy (non-hydrogen) atoms. The summed E-state index contributed by atoms with van der Waals surface area (Å²) >= 11 is 0. The van der Waals surface area contributed by atoms with Crippen LogP contribution >= 0.6 is 0 Å². The number of ether oxygens (including phenoxy) is 1. The minimum Gasteiger partial charge on any atom is -0.426 e. The minimum atomic E-state index is -0.172. The monoisotopic (exact) mass is 246 g/mol. The molecule has 0 aliphatic carbocycles. The topological polar surface area (TPSA) is 26.3 Å². The Hall–Kier alpha value is -1.57. The van der Waals surface area contributed by atoms with Crippen molar-refractivity contribution in [2.75, 3.05) is 0 Å². The smallest absolute Gasteiger partial charge is 0.311 e. The zero-order valence-corrected chi connectivity index (χ0v) is 11.7. The molecule has 1 aromatic carbocycles. The van der Waals surface area contributed by atoms with E-state index in [0.29, 0.717) is 12.2 Å². The number of carbonyl (C=O) groups excluding carboxylic acids is 1. The van der Waals surface area contributed by atoms with E-state index in [1.54, 1.807) is 0 Å². The lowest BCUT2D eigenvalue weighted by molar-refractivity contribution is -0.134. The highest BCUT2D eigenvalue weighted by molar-refractivity contribution is 5.74. The summed E-state index contributed by atoms with van der Waals surface area (Å²) in [5, 5.41) is 0. The molecule has 0 aromatic heterocycles. The molecule has 0 saturated carbocycles. The molecule has 0 radical (unpaired) electrons. The van der Waals surface area contributed by atoms with Gasteiger partial charge >= 0.3 is 5.97 Å². The Morgan fingerprint density at radius 3 is 2.56 bits per heavy atom.